The predicted molar refractivity (Wildman–Crippen MR) is 126 cm³/mol. The van der Waals surface area contributed by atoms with Gasteiger partial charge < -0.3 is 33.2 Å². The van der Waals surface area contributed by atoms with Crippen molar-refractivity contribution < 1.29 is 52.3 Å². The average molecular weight is 543 g/mol. The molecule has 0 aromatic carbocycles. The Morgan fingerprint density at radius 2 is 1.41 bits per heavy atom. The molecule has 7 heterocycles. The van der Waals surface area contributed by atoms with E-state index in [1.807, 2.05) is 19.1 Å². The second-order valence-electron chi connectivity index (χ2n) is 12.6. The third-order valence-corrected chi connectivity index (χ3v) is 9.86. The Morgan fingerprint density at radius 1 is 0.769 bits per heavy atom. The van der Waals surface area contributed by atoms with Crippen LogP contribution in [0.3, 0.4) is 0 Å². The summed E-state index contributed by atoms with van der Waals surface area (Å²) < 4.78 is 38.8. The first-order chi connectivity index (χ1) is 18.6. The minimum atomic E-state index is -0.377. The topological polar surface area (TPSA) is 143 Å². The monoisotopic (exact) mass is 542 g/mol. The molecule has 0 unspecified atom stereocenters. The normalized spacial score (nSPS) is 51.4. The Bertz CT molecular complexity index is 1250. The second kappa shape index (κ2) is 7.92. The standard InChI is InChI=1S/C14H14O6.C14H16O5/c1-14-4-8-5(3-9(15)17-8)7-2-6(13(16)18-7)10-11(19-10)12(14)20-14;1-14-6-10-8(5-12(15)17-10)9-4-7(13(16)18-9)2-3-11(14)19-14/h2,5,7-8,10-12H,3-4H2,1H3;4,8-11H,2-3,5-6H2,1H3/t5-,7+,8-,10+,11+,12+,14-;8-,9+,10-,11+,14-/m00/s1. The Balaban J connectivity index is 0.000000121. The highest BCUT2D eigenvalue weighted by Gasteiger charge is 2.68. The van der Waals surface area contributed by atoms with Crippen molar-refractivity contribution in [1.29, 1.82) is 0 Å². The van der Waals surface area contributed by atoms with Crippen LogP contribution in [0.25, 0.3) is 0 Å². The van der Waals surface area contributed by atoms with E-state index in [9.17, 15) is 19.2 Å². The Kier molecular flexibility index (Phi) is 4.89. The third kappa shape index (κ3) is 3.88. The van der Waals surface area contributed by atoms with Crippen molar-refractivity contribution in [3.05, 3.63) is 23.3 Å². The van der Waals surface area contributed by atoms with E-state index >= 15 is 0 Å². The minimum Gasteiger partial charge on any atom is -0.462 e. The van der Waals surface area contributed by atoms with Crippen LogP contribution >= 0.6 is 0 Å². The molecule has 0 amide bonds. The fraction of sp³-hybridized carbons (Fsp3) is 0.714. The van der Waals surface area contributed by atoms with Gasteiger partial charge in [0.15, 0.2) is 0 Å². The first-order valence-corrected chi connectivity index (χ1v) is 13.8. The molecule has 0 N–H and O–H groups in total. The van der Waals surface area contributed by atoms with E-state index in [4.69, 9.17) is 33.2 Å². The van der Waals surface area contributed by atoms with Crippen LogP contribution in [0, 0.1) is 11.8 Å². The maximum absolute atomic E-state index is 12.0. The van der Waals surface area contributed by atoms with E-state index < -0.39 is 0 Å². The van der Waals surface area contributed by atoms with Crippen molar-refractivity contribution in [2.24, 2.45) is 11.8 Å². The summed E-state index contributed by atoms with van der Waals surface area (Å²) in [7, 11) is 0. The summed E-state index contributed by atoms with van der Waals surface area (Å²) in [5.41, 5.74) is 0.794. The summed E-state index contributed by atoms with van der Waals surface area (Å²) in [6, 6.07) is 0. The summed E-state index contributed by atoms with van der Waals surface area (Å²) in [5, 5.41) is 0. The first-order valence-electron chi connectivity index (χ1n) is 13.8. The van der Waals surface area contributed by atoms with Gasteiger partial charge in [0, 0.05) is 30.3 Å². The summed E-state index contributed by atoms with van der Waals surface area (Å²) >= 11 is 0. The molecule has 4 bridgehead atoms. The van der Waals surface area contributed by atoms with Gasteiger partial charge in [-0.25, -0.2) is 9.59 Å². The number of carbonyl (C=O) groups is 4. The smallest absolute Gasteiger partial charge is 0.337 e. The summed E-state index contributed by atoms with van der Waals surface area (Å²) in [5.74, 6) is -1.17. The molecule has 208 valence electrons. The molecule has 0 radical (unpaired) electrons. The van der Waals surface area contributed by atoms with Crippen molar-refractivity contribution >= 4 is 23.9 Å². The van der Waals surface area contributed by atoms with Gasteiger partial charge in [-0.3, -0.25) is 9.59 Å². The SMILES string of the molecule is C[C@]12C[C@@H]3OC(=O)C[C@H]3[C@H]3C=C(C(=O)O3)[C@H]3O[C@H]3[C@H]1O2.C[C@]12C[C@@H]3OC(=O)C[C@H]3[C@H]3C=C(CC[C@H]1O2)C(=O)O3. The minimum absolute atomic E-state index is 0.0155. The van der Waals surface area contributed by atoms with Crippen LogP contribution < -0.4 is 0 Å². The molecular formula is C28H30O11. The summed E-state index contributed by atoms with van der Waals surface area (Å²) in [6.45, 7) is 4.07. The number of carbonyl (C=O) groups excluding carboxylic acids is 4. The molecule has 9 aliphatic rings. The summed E-state index contributed by atoms with van der Waals surface area (Å²) in [4.78, 5) is 46.9. The molecule has 11 heteroatoms. The van der Waals surface area contributed by atoms with Crippen LogP contribution in [0.2, 0.25) is 0 Å². The van der Waals surface area contributed by atoms with E-state index in [-0.39, 0.29) is 95.7 Å². The van der Waals surface area contributed by atoms with E-state index in [2.05, 4.69) is 6.92 Å². The lowest BCUT2D eigenvalue weighted by Gasteiger charge is -2.23. The number of hydrogen-bond acceptors (Lipinski definition) is 11. The van der Waals surface area contributed by atoms with Crippen molar-refractivity contribution in [2.45, 2.75) is 112 Å². The highest BCUT2D eigenvalue weighted by Crippen LogP contribution is 2.54. The van der Waals surface area contributed by atoms with Crippen LogP contribution in [0.4, 0.5) is 0 Å². The van der Waals surface area contributed by atoms with Gasteiger partial charge in [-0.1, -0.05) is 0 Å². The lowest BCUT2D eigenvalue weighted by molar-refractivity contribution is -0.145. The summed E-state index contributed by atoms with van der Waals surface area (Å²) in [6.07, 6.45) is 5.93. The van der Waals surface area contributed by atoms with Gasteiger partial charge in [-0.15, -0.1) is 0 Å². The Hall–Kier alpha value is -2.76. The fourth-order valence-corrected chi connectivity index (χ4v) is 7.45. The molecular weight excluding hydrogens is 512 g/mol. The van der Waals surface area contributed by atoms with Crippen molar-refractivity contribution in [2.75, 3.05) is 0 Å². The van der Waals surface area contributed by atoms with Gasteiger partial charge in [0.2, 0.25) is 0 Å². The molecule has 5 fully saturated rings. The third-order valence-electron chi connectivity index (χ3n) is 9.86. The zero-order chi connectivity index (χ0) is 26.8. The van der Waals surface area contributed by atoms with Crippen LogP contribution in [-0.2, 0) is 52.3 Å². The van der Waals surface area contributed by atoms with E-state index in [0.29, 0.717) is 37.7 Å². The number of hydrogen-bond donors (Lipinski definition) is 0. The Morgan fingerprint density at radius 3 is 2.13 bits per heavy atom. The molecule has 0 saturated carbocycles. The maximum Gasteiger partial charge on any atom is 0.337 e. The molecule has 9 rings (SSSR count). The molecule has 2 aliphatic carbocycles. The van der Waals surface area contributed by atoms with Crippen molar-refractivity contribution in [3.63, 3.8) is 0 Å². The lowest BCUT2D eigenvalue weighted by atomic mass is 9.85. The van der Waals surface area contributed by atoms with Gasteiger partial charge >= 0.3 is 23.9 Å². The first kappa shape index (κ1) is 24.1. The molecule has 0 spiro atoms. The zero-order valence-corrected chi connectivity index (χ0v) is 21.7. The van der Waals surface area contributed by atoms with Crippen LogP contribution in [-0.4, -0.2) is 83.9 Å². The Labute approximate surface area is 224 Å². The van der Waals surface area contributed by atoms with Gasteiger partial charge in [0.1, 0.15) is 42.7 Å². The fourth-order valence-electron chi connectivity index (χ4n) is 7.45. The molecule has 39 heavy (non-hydrogen) atoms. The molecule has 11 nitrogen and oxygen atoms in total. The molecule has 5 saturated heterocycles. The van der Waals surface area contributed by atoms with E-state index in [1.165, 1.54) is 0 Å². The quantitative estimate of drug-likeness (QED) is 0.248. The predicted octanol–water partition coefficient (Wildman–Crippen LogP) is 1.21. The average Bonchev–Trinajstić information content (AvgIpc) is 3.74. The van der Waals surface area contributed by atoms with Crippen molar-refractivity contribution in [3.8, 4) is 0 Å². The number of fused-ring (bicyclic) bond motifs is 11. The number of epoxide rings is 3. The lowest BCUT2D eigenvalue weighted by Crippen LogP contribution is -2.32. The highest BCUT2D eigenvalue weighted by molar-refractivity contribution is 5.93. The number of rotatable bonds is 0. The molecule has 12 atom stereocenters. The molecule has 0 aromatic rings. The number of esters is 4. The van der Waals surface area contributed by atoms with Gasteiger partial charge in [0.25, 0.3) is 0 Å². The van der Waals surface area contributed by atoms with Crippen LogP contribution in [0.1, 0.15) is 52.4 Å². The van der Waals surface area contributed by atoms with Gasteiger partial charge in [-0.05, 0) is 38.8 Å². The number of ether oxygens (including phenoxy) is 7. The van der Waals surface area contributed by atoms with E-state index in [1.54, 1.807) is 0 Å². The molecule has 7 aliphatic heterocycles. The highest BCUT2D eigenvalue weighted by atomic mass is 16.7. The van der Waals surface area contributed by atoms with Crippen LogP contribution in [0.15, 0.2) is 23.3 Å². The van der Waals surface area contributed by atoms with Crippen molar-refractivity contribution in [1.82, 2.24) is 0 Å². The largest absolute Gasteiger partial charge is 0.462 e. The van der Waals surface area contributed by atoms with Crippen LogP contribution in [0.5, 0.6) is 0 Å². The zero-order valence-electron chi connectivity index (χ0n) is 21.7. The van der Waals surface area contributed by atoms with E-state index in [0.717, 1.165) is 12.0 Å². The maximum atomic E-state index is 12.0. The molecule has 0 aromatic heterocycles. The van der Waals surface area contributed by atoms with Gasteiger partial charge in [0.05, 0.1) is 35.7 Å². The second-order valence-corrected chi connectivity index (χ2v) is 12.6. The van der Waals surface area contributed by atoms with Gasteiger partial charge in [-0.2, -0.15) is 0 Å².